The van der Waals surface area contributed by atoms with Gasteiger partial charge in [0, 0.05) is 19.1 Å². The molecule has 0 radical (unpaired) electrons. The number of amides is 1. The highest BCUT2D eigenvalue weighted by molar-refractivity contribution is 5.82. The maximum Gasteiger partial charge on any atom is 0.239 e. The Hall–Kier alpha value is -0.610. The number of rotatable bonds is 4. The molecule has 0 spiro atoms. The number of carbonyl (C=O) groups excluding carboxylic acids is 1. The van der Waals surface area contributed by atoms with Gasteiger partial charge in [-0.25, -0.2) is 0 Å². The number of hydrogen-bond acceptors (Lipinski definition) is 3. The second kappa shape index (κ2) is 4.82. The van der Waals surface area contributed by atoms with Crippen molar-refractivity contribution in [1.82, 2.24) is 10.2 Å². The van der Waals surface area contributed by atoms with Crippen molar-refractivity contribution in [2.45, 2.75) is 69.1 Å². The van der Waals surface area contributed by atoms with Crippen LogP contribution in [0.1, 0.15) is 51.4 Å². The lowest BCUT2D eigenvalue weighted by atomic mass is 9.98. The highest BCUT2D eigenvalue weighted by Crippen LogP contribution is 2.31. The van der Waals surface area contributed by atoms with E-state index in [0.717, 1.165) is 45.1 Å². The Morgan fingerprint density at radius 2 is 1.94 bits per heavy atom. The van der Waals surface area contributed by atoms with Crippen LogP contribution in [0, 0.1) is 0 Å². The van der Waals surface area contributed by atoms with Gasteiger partial charge in [0.15, 0.2) is 0 Å². The van der Waals surface area contributed by atoms with Crippen LogP contribution < -0.4 is 5.32 Å². The van der Waals surface area contributed by atoms with E-state index in [2.05, 4.69) is 5.32 Å². The molecule has 1 unspecified atom stereocenters. The summed E-state index contributed by atoms with van der Waals surface area (Å²) in [5.41, 5.74) is -0.600. The number of carbonyl (C=O) groups is 1. The molecule has 4 nitrogen and oxygen atoms in total. The second-order valence-corrected chi connectivity index (χ2v) is 6.33. The molecular weight excluding hydrogens is 228 g/mol. The van der Waals surface area contributed by atoms with Gasteiger partial charge < -0.3 is 15.3 Å². The summed E-state index contributed by atoms with van der Waals surface area (Å²) in [5.74, 6) is 0.216. The standard InChI is InChI=1S/C14H24N2O2/c17-13-12(15-11-5-6-11)4-3-9-16(13)10-14(18)7-1-2-8-14/h11-12,15,18H,1-10H2. The van der Waals surface area contributed by atoms with E-state index in [1.807, 2.05) is 4.90 Å². The SMILES string of the molecule is O=C1C(NC2CC2)CCCN1CC1(O)CCCC1. The van der Waals surface area contributed by atoms with E-state index in [1.165, 1.54) is 12.8 Å². The van der Waals surface area contributed by atoms with Gasteiger partial charge in [0.05, 0.1) is 11.6 Å². The van der Waals surface area contributed by atoms with Gasteiger partial charge in [0.25, 0.3) is 0 Å². The number of nitrogens with one attached hydrogen (secondary N) is 1. The predicted molar refractivity (Wildman–Crippen MR) is 69.2 cm³/mol. The third-order valence-electron chi connectivity index (χ3n) is 4.56. The van der Waals surface area contributed by atoms with E-state index >= 15 is 0 Å². The van der Waals surface area contributed by atoms with Crippen molar-refractivity contribution in [2.24, 2.45) is 0 Å². The van der Waals surface area contributed by atoms with Crippen LogP contribution >= 0.6 is 0 Å². The number of aliphatic hydroxyl groups is 1. The van der Waals surface area contributed by atoms with Gasteiger partial charge in [0.2, 0.25) is 5.91 Å². The van der Waals surface area contributed by atoms with Crippen LogP contribution in [0.3, 0.4) is 0 Å². The molecule has 1 aliphatic heterocycles. The van der Waals surface area contributed by atoms with Gasteiger partial charge in [-0.2, -0.15) is 0 Å². The lowest BCUT2D eigenvalue weighted by molar-refractivity contribution is -0.139. The average molecular weight is 252 g/mol. The largest absolute Gasteiger partial charge is 0.388 e. The van der Waals surface area contributed by atoms with Gasteiger partial charge in [-0.05, 0) is 38.5 Å². The number of hydrogen-bond donors (Lipinski definition) is 2. The predicted octanol–water partition coefficient (Wildman–Crippen LogP) is 1.03. The Kier molecular flexibility index (Phi) is 3.32. The first-order valence-electron chi connectivity index (χ1n) is 7.44. The molecule has 2 N–H and O–H groups in total. The fraction of sp³-hybridized carbons (Fsp3) is 0.929. The minimum atomic E-state index is -0.600. The summed E-state index contributed by atoms with van der Waals surface area (Å²) in [4.78, 5) is 14.3. The molecular formula is C14H24N2O2. The van der Waals surface area contributed by atoms with Crippen molar-refractivity contribution in [3.05, 3.63) is 0 Å². The highest BCUT2D eigenvalue weighted by atomic mass is 16.3. The number of β-amino-alcohol motifs (C(OH)–C–C–N with tert-alkyl or cyclic N) is 1. The van der Waals surface area contributed by atoms with Crippen LogP contribution in [-0.4, -0.2) is 46.7 Å². The molecule has 0 aromatic rings. The Morgan fingerprint density at radius 1 is 1.22 bits per heavy atom. The first-order valence-corrected chi connectivity index (χ1v) is 7.44. The Labute approximate surface area is 109 Å². The van der Waals surface area contributed by atoms with Crippen LogP contribution in [0.5, 0.6) is 0 Å². The van der Waals surface area contributed by atoms with Crippen molar-refractivity contribution < 1.29 is 9.90 Å². The van der Waals surface area contributed by atoms with Gasteiger partial charge in [-0.3, -0.25) is 4.79 Å². The molecule has 4 heteroatoms. The molecule has 0 bridgehead atoms. The molecule has 3 fully saturated rings. The smallest absolute Gasteiger partial charge is 0.239 e. The normalized spacial score (nSPS) is 31.9. The summed E-state index contributed by atoms with van der Waals surface area (Å²) in [6.07, 6.45) is 8.37. The quantitative estimate of drug-likeness (QED) is 0.786. The molecule has 3 aliphatic rings. The van der Waals surface area contributed by atoms with E-state index in [0.29, 0.717) is 12.6 Å². The van der Waals surface area contributed by atoms with Crippen molar-refractivity contribution in [1.29, 1.82) is 0 Å². The molecule has 0 aromatic carbocycles. The van der Waals surface area contributed by atoms with Crippen LogP contribution in [0.4, 0.5) is 0 Å². The third-order valence-corrected chi connectivity index (χ3v) is 4.56. The summed E-state index contributed by atoms with van der Waals surface area (Å²) >= 11 is 0. The topological polar surface area (TPSA) is 52.6 Å². The van der Waals surface area contributed by atoms with Gasteiger partial charge in [-0.1, -0.05) is 12.8 Å². The first-order chi connectivity index (χ1) is 8.66. The zero-order valence-electron chi connectivity index (χ0n) is 11.0. The Morgan fingerprint density at radius 3 is 2.61 bits per heavy atom. The molecule has 2 saturated carbocycles. The van der Waals surface area contributed by atoms with Crippen LogP contribution in [0.2, 0.25) is 0 Å². The van der Waals surface area contributed by atoms with Crippen molar-refractivity contribution >= 4 is 5.91 Å². The van der Waals surface area contributed by atoms with Crippen LogP contribution in [-0.2, 0) is 4.79 Å². The molecule has 0 aromatic heterocycles. The van der Waals surface area contributed by atoms with E-state index in [4.69, 9.17) is 0 Å². The molecule has 1 heterocycles. The van der Waals surface area contributed by atoms with Gasteiger partial charge in [0.1, 0.15) is 0 Å². The van der Waals surface area contributed by atoms with Gasteiger partial charge in [-0.15, -0.1) is 0 Å². The van der Waals surface area contributed by atoms with Crippen molar-refractivity contribution in [2.75, 3.05) is 13.1 Å². The second-order valence-electron chi connectivity index (χ2n) is 6.33. The summed E-state index contributed by atoms with van der Waals surface area (Å²) in [7, 11) is 0. The molecule has 3 rings (SSSR count). The van der Waals surface area contributed by atoms with Crippen molar-refractivity contribution in [3.8, 4) is 0 Å². The minimum absolute atomic E-state index is 0.0104. The number of nitrogens with zero attached hydrogens (tertiary/aromatic N) is 1. The number of likely N-dealkylation sites (tertiary alicyclic amines) is 1. The zero-order chi connectivity index (χ0) is 12.6. The number of piperidine rings is 1. The fourth-order valence-electron chi connectivity index (χ4n) is 3.33. The Balaban J connectivity index is 1.58. The van der Waals surface area contributed by atoms with Crippen LogP contribution in [0.15, 0.2) is 0 Å². The lowest BCUT2D eigenvalue weighted by Gasteiger charge is -2.37. The Bertz CT molecular complexity index is 322. The average Bonchev–Trinajstić information content (AvgIpc) is 3.06. The maximum atomic E-state index is 12.4. The highest BCUT2D eigenvalue weighted by Gasteiger charge is 2.38. The monoisotopic (exact) mass is 252 g/mol. The lowest BCUT2D eigenvalue weighted by Crippen LogP contribution is -2.55. The molecule has 18 heavy (non-hydrogen) atoms. The maximum absolute atomic E-state index is 12.4. The van der Waals surface area contributed by atoms with Gasteiger partial charge >= 0.3 is 0 Å². The summed E-state index contributed by atoms with van der Waals surface area (Å²) in [6, 6.07) is 0.588. The molecule has 1 atom stereocenters. The van der Waals surface area contributed by atoms with E-state index in [9.17, 15) is 9.90 Å². The third kappa shape index (κ3) is 2.69. The molecule has 102 valence electrons. The minimum Gasteiger partial charge on any atom is -0.388 e. The molecule has 1 saturated heterocycles. The van der Waals surface area contributed by atoms with Crippen molar-refractivity contribution in [3.63, 3.8) is 0 Å². The zero-order valence-corrected chi connectivity index (χ0v) is 11.0. The summed E-state index contributed by atoms with van der Waals surface area (Å²) < 4.78 is 0. The molecule has 1 amide bonds. The fourth-order valence-corrected chi connectivity index (χ4v) is 3.33. The van der Waals surface area contributed by atoms with E-state index in [-0.39, 0.29) is 11.9 Å². The van der Waals surface area contributed by atoms with E-state index < -0.39 is 5.60 Å². The summed E-state index contributed by atoms with van der Waals surface area (Å²) in [5, 5.41) is 13.9. The summed E-state index contributed by atoms with van der Waals surface area (Å²) in [6.45, 7) is 1.37. The first kappa shape index (κ1) is 12.4. The van der Waals surface area contributed by atoms with E-state index in [1.54, 1.807) is 0 Å². The van der Waals surface area contributed by atoms with Crippen LogP contribution in [0.25, 0.3) is 0 Å². The molecule has 2 aliphatic carbocycles.